The molecule has 3 heteroatoms. The molecule has 0 radical (unpaired) electrons. The van der Waals surface area contributed by atoms with E-state index in [-0.39, 0.29) is 5.92 Å². The Morgan fingerprint density at radius 1 is 1.20 bits per heavy atom. The van der Waals surface area contributed by atoms with Gasteiger partial charge in [-0.25, -0.2) is 0 Å². The molecular weight excluding hydrogens is 188 g/mol. The van der Waals surface area contributed by atoms with Crippen LogP contribution in [0.2, 0.25) is 0 Å². The molecule has 0 aromatic heterocycles. The number of hydrogen-bond donors (Lipinski definition) is 0. The van der Waals surface area contributed by atoms with Crippen LogP contribution in [0.25, 0.3) is 0 Å². The Labute approximate surface area is 89.5 Å². The van der Waals surface area contributed by atoms with Gasteiger partial charge in [0.05, 0.1) is 12.3 Å². The van der Waals surface area contributed by atoms with E-state index in [4.69, 9.17) is 4.74 Å². The minimum Gasteiger partial charge on any atom is -0.479 e. The van der Waals surface area contributed by atoms with E-state index in [2.05, 4.69) is 17.1 Å². The van der Waals surface area contributed by atoms with Crippen LogP contribution in [0, 0.1) is 5.92 Å². The molecule has 0 aliphatic carbocycles. The van der Waals surface area contributed by atoms with Crippen LogP contribution in [-0.4, -0.2) is 18.2 Å². The van der Waals surface area contributed by atoms with Gasteiger partial charge in [0, 0.05) is 12.8 Å². The minimum absolute atomic E-state index is 0.272. The van der Waals surface area contributed by atoms with E-state index in [0.29, 0.717) is 12.5 Å². The Bertz CT molecular complexity index is 395. The van der Waals surface area contributed by atoms with Crippen LogP contribution >= 0.6 is 0 Å². The number of hydrogen-bond acceptors (Lipinski definition) is 3. The summed E-state index contributed by atoms with van der Waals surface area (Å²) < 4.78 is 5.40. The molecule has 15 heavy (non-hydrogen) atoms. The first kappa shape index (κ1) is 9.90. The third-order valence-corrected chi connectivity index (χ3v) is 2.38. The Hall–Kier alpha value is -1.64. The smallest absolute Gasteiger partial charge is 0.205 e. The fourth-order valence-corrected chi connectivity index (χ4v) is 1.53. The van der Waals surface area contributed by atoms with Crippen LogP contribution in [0.1, 0.15) is 19.4 Å². The zero-order valence-corrected chi connectivity index (χ0v) is 8.97. The predicted octanol–water partition coefficient (Wildman–Crippen LogP) is 2.48. The highest BCUT2D eigenvalue weighted by Crippen LogP contribution is 2.13. The molecule has 1 aliphatic heterocycles. The molecule has 0 fully saturated rings. The van der Waals surface area contributed by atoms with Crippen molar-refractivity contribution < 1.29 is 4.74 Å². The van der Waals surface area contributed by atoms with E-state index in [1.54, 1.807) is 0 Å². The van der Waals surface area contributed by atoms with Crippen LogP contribution in [-0.2, 0) is 4.74 Å². The molecule has 1 unspecified atom stereocenters. The van der Waals surface area contributed by atoms with Crippen LogP contribution in [0.5, 0.6) is 0 Å². The monoisotopic (exact) mass is 202 g/mol. The molecule has 0 saturated carbocycles. The highest BCUT2D eigenvalue weighted by molar-refractivity contribution is 6.02. The average molecular weight is 202 g/mol. The highest BCUT2D eigenvalue weighted by atomic mass is 16.5. The third-order valence-electron chi connectivity index (χ3n) is 2.38. The zero-order chi connectivity index (χ0) is 10.7. The Morgan fingerprint density at radius 2 is 1.93 bits per heavy atom. The summed E-state index contributed by atoms with van der Waals surface area (Å²) >= 11 is 0. The standard InChI is InChI=1S/C12H14N2O/c1-9-8-15-10(2)13-14-12(9)11-6-4-3-5-7-11/h3-7,9H,8H2,1-2H3. The Kier molecular flexibility index (Phi) is 2.81. The lowest BCUT2D eigenvalue weighted by molar-refractivity contribution is 0.281. The molecule has 2 rings (SSSR count). The van der Waals surface area contributed by atoms with Gasteiger partial charge in [0.2, 0.25) is 5.90 Å². The van der Waals surface area contributed by atoms with Gasteiger partial charge >= 0.3 is 0 Å². The lowest BCUT2D eigenvalue weighted by Crippen LogP contribution is -2.17. The maximum atomic E-state index is 5.40. The van der Waals surface area contributed by atoms with Gasteiger partial charge in [-0.1, -0.05) is 37.3 Å². The summed E-state index contributed by atoms with van der Waals surface area (Å²) in [6.45, 7) is 4.56. The van der Waals surface area contributed by atoms with Crippen molar-refractivity contribution in [1.29, 1.82) is 0 Å². The van der Waals surface area contributed by atoms with E-state index >= 15 is 0 Å². The minimum atomic E-state index is 0.272. The molecule has 0 N–H and O–H groups in total. The van der Waals surface area contributed by atoms with Gasteiger partial charge < -0.3 is 4.74 Å². The lowest BCUT2D eigenvalue weighted by atomic mass is 9.99. The summed E-state index contributed by atoms with van der Waals surface area (Å²) in [5.74, 6) is 0.904. The van der Waals surface area contributed by atoms with E-state index in [0.717, 1.165) is 11.3 Å². The maximum absolute atomic E-state index is 5.40. The normalized spacial score (nSPS) is 21.1. The number of nitrogens with zero attached hydrogens (tertiary/aromatic N) is 2. The van der Waals surface area contributed by atoms with Crippen LogP contribution in [0.3, 0.4) is 0 Å². The molecule has 1 aliphatic rings. The van der Waals surface area contributed by atoms with Gasteiger partial charge in [-0.15, -0.1) is 5.10 Å². The first-order chi connectivity index (χ1) is 7.27. The molecule has 78 valence electrons. The summed E-state index contributed by atoms with van der Waals surface area (Å²) in [5.41, 5.74) is 2.11. The SMILES string of the molecule is CC1=NN=C(c2ccccc2)C(C)CO1. The Morgan fingerprint density at radius 3 is 2.67 bits per heavy atom. The van der Waals surface area contributed by atoms with Gasteiger partial charge in [-0.05, 0) is 5.56 Å². The van der Waals surface area contributed by atoms with Crippen molar-refractivity contribution in [1.82, 2.24) is 0 Å². The van der Waals surface area contributed by atoms with Gasteiger partial charge in [0.15, 0.2) is 0 Å². The average Bonchev–Trinajstić information content (AvgIpc) is 2.43. The van der Waals surface area contributed by atoms with Crippen molar-refractivity contribution in [3.05, 3.63) is 35.9 Å². The quantitative estimate of drug-likeness (QED) is 0.688. The van der Waals surface area contributed by atoms with E-state index in [9.17, 15) is 0 Å². The third kappa shape index (κ3) is 2.24. The molecule has 0 spiro atoms. The van der Waals surface area contributed by atoms with Crippen molar-refractivity contribution in [2.45, 2.75) is 13.8 Å². The van der Waals surface area contributed by atoms with Crippen molar-refractivity contribution >= 4 is 11.6 Å². The van der Waals surface area contributed by atoms with Gasteiger partial charge in [-0.2, -0.15) is 5.10 Å². The number of ether oxygens (including phenoxy) is 1. The second-order valence-electron chi connectivity index (χ2n) is 3.68. The van der Waals surface area contributed by atoms with E-state index < -0.39 is 0 Å². The van der Waals surface area contributed by atoms with Crippen LogP contribution in [0.4, 0.5) is 0 Å². The molecule has 1 atom stereocenters. The molecule has 0 bridgehead atoms. The first-order valence-electron chi connectivity index (χ1n) is 5.07. The second-order valence-corrected chi connectivity index (χ2v) is 3.68. The molecule has 0 saturated heterocycles. The zero-order valence-electron chi connectivity index (χ0n) is 8.97. The number of rotatable bonds is 1. The summed E-state index contributed by atoms with van der Waals surface area (Å²) in [4.78, 5) is 0. The van der Waals surface area contributed by atoms with Crippen LogP contribution < -0.4 is 0 Å². The first-order valence-corrected chi connectivity index (χ1v) is 5.07. The van der Waals surface area contributed by atoms with E-state index in [1.807, 2.05) is 37.3 Å². The predicted molar refractivity (Wildman–Crippen MR) is 61.2 cm³/mol. The molecule has 3 nitrogen and oxygen atoms in total. The fraction of sp³-hybridized carbons (Fsp3) is 0.333. The molecule has 1 aromatic rings. The Balaban J connectivity index is 2.34. The van der Waals surface area contributed by atoms with E-state index in [1.165, 1.54) is 0 Å². The van der Waals surface area contributed by atoms with Crippen molar-refractivity contribution in [3.8, 4) is 0 Å². The molecule has 0 amide bonds. The van der Waals surface area contributed by atoms with Gasteiger partial charge in [0.25, 0.3) is 0 Å². The van der Waals surface area contributed by atoms with Crippen molar-refractivity contribution in [2.24, 2.45) is 16.1 Å². The molecule has 1 aromatic carbocycles. The second kappa shape index (κ2) is 4.26. The summed E-state index contributed by atoms with van der Waals surface area (Å²) in [6, 6.07) is 10.1. The number of benzene rings is 1. The van der Waals surface area contributed by atoms with Crippen molar-refractivity contribution in [3.63, 3.8) is 0 Å². The van der Waals surface area contributed by atoms with Gasteiger partial charge in [0.1, 0.15) is 0 Å². The largest absolute Gasteiger partial charge is 0.479 e. The topological polar surface area (TPSA) is 34.0 Å². The highest BCUT2D eigenvalue weighted by Gasteiger charge is 2.16. The molecule has 1 heterocycles. The lowest BCUT2D eigenvalue weighted by Gasteiger charge is -2.11. The fourth-order valence-electron chi connectivity index (χ4n) is 1.53. The van der Waals surface area contributed by atoms with Gasteiger partial charge in [-0.3, -0.25) is 0 Å². The van der Waals surface area contributed by atoms with Crippen LogP contribution in [0.15, 0.2) is 40.5 Å². The maximum Gasteiger partial charge on any atom is 0.205 e. The van der Waals surface area contributed by atoms with Crippen molar-refractivity contribution in [2.75, 3.05) is 6.61 Å². The summed E-state index contributed by atoms with van der Waals surface area (Å²) in [6.07, 6.45) is 0. The molecular formula is C12H14N2O. The summed E-state index contributed by atoms with van der Waals surface area (Å²) in [5, 5.41) is 8.25. The summed E-state index contributed by atoms with van der Waals surface area (Å²) in [7, 11) is 0.